The lowest BCUT2D eigenvalue weighted by Gasteiger charge is -2.42. The van der Waals surface area contributed by atoms with E-state index in [9.17, 15) is 22.8 Å². The topological polar surface area (TPSA) is 85.7 Å². The highest BCUT2D eigenvalue weighted by molar-refractivity contribution is 5.98. The Morgan fingerprint density at radius 2 is 1.94 bits per heavy atom. The predicted octanol–water partition coefficient (Wildman–Crippen LogP) is 3.05. The van der Waals surface area contributed by atoms with Crippen molar-refractivity contribution >= 4 is 17.5 Å². The van der Waals surface area contributed by atoms with Crippen LogP contribution in [-0.2, 0) is 11.0 Å². The molecule has 1 unspecified atom stereocenters. The van der Waals surface area contributed by atoms with Crippen LogP contribution in [0.2, 0.25) is 0 Å². The molecule has 2 aromatic carbocycles. The number of amides is 2. The first-order valence-electron chi connectivity index (χ1n) is 10.3. The lowest BCUT2D eigenvalue weighted by Crippen LogP contribution is -2.60. The van der Waals surface area contributed by atoms with Crippen molar-refractivity contribution in [3.8, 4) is 11.8 Å². The minimum absolute atomic E-state index is 0.0275. The van der Waals surface area contributed by atoms with Gasteiger partial charge in [-0.25, -0.2) is 0 Å². The Morgan fingerprint density at radius 3 is 2.58 bits per heavy atom. The van der Waals surface area contributed by atoms with Crippen molar-refractivity contribution in [2.24, 2.45) is 0 Å². The highest BCUT2D eigenvalue weighted by Gasteiger charge is 2.38. The molecule has 1 heterocycles. The fraction of sp³-hybridized carbons (Fsp3) is 0.348. The maximum absolute atomic E-state index is 13.4. The van der Waals surface area contributed by atoms with E-state index in [0.29, 0.717) is 17.9 Å². The maximum atomic E-state index is 13.4. The highest BCUT2D eigenvalue weighted by Crippen LogP contribution is 2.35. The summed E-state index contributed by atoms with van der Waals surface area (Å²) in [6, 6.07) is 10.7. The molecule has 0 saturated carbocycles. The summed E-state index contributed by atoms with van der Waals surface area (Å²) in [5.74, 6) is -0.349. The van der Waals surface area contributed by atoms with E-state index in [1.54, 1.807) is 37.3 Å². The third kappa shape index (κ3) is 5.03. The summed E-state index contributed by atoms with van der Waals surface area (Å²) in [5.41, 5.74) is -1.07. The second-order valence-corrected chi connectivity index (χ2v) is 7.34. The minimum atomic E-state index is -4.72. The van der Waals surface area contributed by atoms with E-state index in [2.05, 4.69) is 5.32 Å². The number of nitrogens with zero attached hydrogens (tertiary/aromatic N) is 3. The Kier molecular flexibility index (Phi) is 7.11. The van der Waals surface area contributed by atoms with E-state index in [4.69, 9.17) is 10.00 Å². The van der Waals surface area contributed by atoms with E-state index in [1.165, 1.54) is 22.9 Å². The molecule has 33 heavy (non-hydrogen) atoms. The van der Waals surface area contributed by atoms with Gasteiger partial charge in [0.2, 0.25) is 5.91 Å². The Hall–Kier alpha value is -3.74. The van der Waals surface area contributed by atoms with Crippen LogP contribution in [0, 0.1) is 11.3 Å². The number of alkyl halides is 3. The number of benzene rings is 2. The first-order chi connectivity index (χ1) is 15.7. The zero-order valence-electron chi connectivity index (χ0n) is 18.1. The van der Waals surface area contributed by atoms with Crippen LogP contribution in [-0.4, -0.2) is 56.0 Å². The Morgan fingerprint density at radius 1 is 1.21 bits per heavy atom. The SMILES string of the molecule is CCOc1ccccc1C(=O)N1CCN(c2ccc(C#N)c(C(F)(F)F)c2)C(C(=O)NC)C1. The van der Waals surface area contributed by atoms with Gasteiger partial charge in [0, 0.05) is 25.8 Å². The minimum Gasteiger partial charge on any atom is -0.493 e. The van der Waals surface area contributed by atoms with Crippen molar-refractivity contribution in [1.29, 1.82) is 5.26 Å². The van der Waals surface area contributed by atoms with Gasteiger partial charge in [-0.15, -0.1) is 0 Å². The number of nitrogens with one attached hydrogen (secondary N) is 1. The van der Waals surface area contributed by atoms with E-state index in [1.807, 2.05) is 0 Å². The number of rotatable bonds is 5. The van der Waals surface area contributed by atoms with Crippen LogP contribution in [0.5, 0.6) is 5.75 Å². The monoisotopic (exact) mass is 460 g/mol. The summed E-state index contributed by atoms with van der Waals surface area (Å²) >= 11 is 0. The molecule has 1 saturated heterocycles. The van der Waals surface area contributed by atoms with Crippen LogP contribution >= 0.6 is 0 Å². The number of nitriles is 1. The van der Waals surface area contributed by atoms with Crippen molar-refractivity contribution in [2.45, 2.75) is 19.1 Å². The molecule has 3 rings (SSSR count). The molecule has 0 radical (unpaired) electrons. The zero-order valence-corrected chi connectivity index (χ0v) is 18.1. The lowest BCUT2D eigenvalue weighted by molar-refractivity contribution is -0.137. The van der Waals surface area contributed by atoms with Gasteiger partial charge in [0.25, 0.3) is 5.91 Å². The average molecular weight is 460 g/mol. The van der Waals surface area contributed by atoms with E-state index < -0.39 is 29.3 Å². The van der Waals surface area contributed by atoms with Gasteiger partial charge in [0.15, 0.2) is 0 Å². The molecule has 1 aliphatic rings. The van der Waals surface area contributed by atoms with Gasteiger partial charge in [-0.05, 0) is 37.3 Å². The largest absolute Gasteiger partial charge is 0.493 e. The number of anilines is 1. The van der Waals surface area contributed by atoms with Gasteiger partial charge < -0.3 is 19.9 Å². The molecule has 1 aliphatic heterocycles. The molecule has 1 N–H and O–H groups in total. The van der Waals surface area contributed by atoms with E-state index in [0.717, 1.165) is 12.1 Å². The fourth-order valence-corrected chi connectivity index (χ4v) is 3.81. The number of likely N-dealkylation sites (N-methyl/N-ethyl adjacent to an activating group) is 1. The summed E-state index contributed by atoms with van der Waals surface area (Å²) in [5, 5.41) is 11.6. The summed E-state index contributed by atoms with van der Waals surface area (Å²) in [7, 11) is 1.42. The molecule has 0 aromatic heterocycles. The van der Waals surface area contributed by atoms with Crippen LogP contribution in [0.4, 0.5) is 18.9 Å². The molecule has 2 aromatic rings. The number of carbonyl (C=O) groups is 2. The quantitative estimate of drug-likeness (QED) is 0.742. The lowest BCUT2D eigenvalue weighted by atomic mass is 10.0. The molecular weight excluding hydrogens is 437 g/mol. The van der Waals surface area contributed by atoms with Crippen molar-refractivity contribution in [3.63, 3.8) is 0 Å². The van der Waals surface area contributed by atoms with Gasteiger partial charge in [0.1, 0.15) is 11.8 Å². The van der Waals surface area contributed by atoms with Crippen LogP contribution in [0.1, 0.15) is 28.4 Å². The average Bonchev–Trinajstić information content (AvgIpc) is 2.82. The van der Waals surface area contributed by atoms with Crippen LogP contribution in [0.3, 0.4) is 0 Å². The summed E-state index contributed by atoms with van der Waals surface area (Å²) in [6.45, 7) is 2.46. The standard InChI is InChI=1S/C23H23F3N4O3/c1-3-33-20-7-5-4-6-17(20)22(32)29-10-11-30(19(14-29)21(31)28-2)16-9-8-15(13-27)18(12-16)23(24,25)26/h4-9,12,19H,3,10-11,14H2,1-2H3,(H,28,31). The van der Waals surface area contributed by atoms with Crippen LogP contribution in [0.25, 0.3) is 0 Å². The summed E-state index contributed by atoms with van der Waals surface area (Å²) < 4.78 is 45.9. The molecule has 0 bridgehead atoms. The van der Waals surface area contributed by atoms with Gasteiger partial charge in [-0.3, -0.25) is 9.59 Å². The number of hydrogen-bond donors (Lipinski definition) is 1. The molecule has 2 amide bonds. The third-order valence-electron chi connectivity index (χ3n) is 5.39. The van der Waals surface area contributed by atoms with E-state index >= 15 is 0 Å². The first kappa shape index (κ1) is 23.9. The van der Waals surface area contributed by atoms with Crippen molar-refractivity contribution in [3.05, 3.63) is 59.2 Å². The number of carbonyl (C=O) groups excluding carboxylic acids is 2. The first-order valence-corrected chi connectivity index (χ1v) is 10.3. The van der Waals surface area contributed by atoms with Gasteiger partial charge in [-0.2, -0.15) is 18.4 Å². The molecular formula is C23H23F3N4O3. The van der Waals surface area contributed by atoms with Crippen LogP contribution in [0.15, 0.2) is 42.5 Å². The predicted molar refractivity (Wildman–Crippen MR) is 115 cm³/mol. The molecule has 174 valence electrons. The molecule has 0 aliphatic carbocycles. The van der Waals surface area contributed by atoms with Gasteiger partial charge in [-0.1, -0.05) is 12.1 Å². The maximum Gasteiger partial charge on any atom is 0.417 e. The van der Waals surface area contributed by atoms with E-state index in [-0.39, 0.29) is 31.2 Å². The number of hydrogen-bond acceptors (Lipinski definition) is 5. The molecule has 10 heteroatoms. The smallest absolute Gasteiger partial charge is 0.417 e. The number of para-hydroxylation sites is 1. The van der Waals surface area contributed by atoms with Crippen molar-refractivity contribution in [1.82, 2.24) is 10.2 Å². The number of ether oxygens (including phenoxy) is 1. The molecule has 1 atom stereocenters. The number of piperazine rings is 1. The van der Waals surface area contributed by atoms with Crippen molar-refractivity contribution in [2.75, 3.05) is 38.2 Å². The third-order valence-corrected chi connectivity index (χ3v) is 5.39. The van der Waals surface area contributed by atoms with Crippen LogP contribution < -0.4 is 15.0 Å². The zero-order chi connectivity index (χ0) is 24.2. The summed E-state index contributed by atoms with van der Waals surface area (Å²) in [6.07, 6.45) is -4.72. The highest BCUT2D eigenvalue weighted by atomic mass is 19.4. The van der Waals surface area contributed by atoms with Gasteiger partial charge in [0.05, 0.1) is 35.9 Å². The Labute approximate surface area is 189 Å². The van der Waals surface area contributed by atoms with Crippen molar-refractivity contribution < 1.29 is 27.5 Å². The second kappa shape index (κ2) is 9.81. The Bertz CT molecular complexity index is 1080. The molecule has 7 nitrogen and oxygen atoms in total. The molecule has 0 spiro atoms. The Balaban J connectivity index is 1.92. The van der Waals surface area contributed by atoms with Gasteiger partial charge >= 0.3 is 6.18 Å². The second-order valence-electron chi connectivity index (χ2n) is 7.34. The summed E-state index contributed by atoms with van der Waals surface area (Å²) in [4.78, 5) is 28.8. The normalized spacial score (nSPS) is 16.2. The molecule has 1 fully saturated rings. The fourth-order valence-electron chi connectivity index (χ4n) is 3.81. The number of halogens is 3.